The Hall–Kier alpha value is -2.20. The minimum Gasteiger partial charge on any atom is -0.494 e. The zero-order chi connectivity index (χ0) is 25.5. The molecular formula is C28H48N2OS. The van der Waals surface area contributed by atoms with Crippen LogP contribution in [0.5, 0.6) is 0 Å². The lowest BCUT2D eigenvalue weighted by Crippen LogP contribution is -2.07. The van der Waals surface area contributed by atoms with Crippen molar-refractivity contribution >= 4 is 11.8 Å². The third kappa shape index (κ3) is 18.6. The quantitative estimate of drug-likeness (QED) is 0.193. The number of aromatic nitrogens is 1. The Balaban J connectivity index is -0.00000129. The minimum absolute atomic E-state index is 0.177. The molecule has 2 N–H and O–H groups in total. The molecule has 0 radical (unpaired) electrons. The van der Waals surface area contributed by atoms with E-state index in [-0.39, 0.29) is 5.25 Å². The van der Waals surface area contributed by atoms with Crippen molar-refractivity contribution in [3.63, 3.8) is 0 Å². The molecule has 0 saturated heterocycles. The van der Waals surface area contributed by atoms with Gasteiger partial charge in [-0.15, -0.1) is 11.8 Å². The van der Waals surface area contributed by atoms with Crippen LogP contribution in [0.2, 0.25) is 0 Å². The van der Waals surface area contributed by atoms with Gasteiger partial charge in [0.15, 0.2) is 0 Å². The van der Waals surface area contributed by atoms with Gasteiger partial charge in [-0.1, -0.05) is 98.1 Å². The maximum atomic E-state index is 5.69. The molecule has 32 heavy (non-hydrogen) atoms. The van der Waals surface area contributed by atoms with Crippen molar-refractivity contribution in [2.45, 2.75) is 79.9 Å². The van der Waals surface area contributed by atoms with Gasteiger partial charge in [0.05, 0.1) is 11.6 Å². The summed E-state index contributed by atoms with van der Waals surface area (Å²) in [6.45, 7) is 32.4. The van der Waals surface area contributed by atoms with Crippen LogP contribution in [0.3, 0.4) is 0 Å². The molecule has 3 nitrogen and oxygen atoms in total. The van der Waals surface area contributed by atoms with Crippen LogP contribution in [0, 0.1) is 0 Å². The molecule has 1 unspecified atom stereocenters. The third-order valence-electron chi connectivity index (χ3n) is 3.74. The number of hydrogen-bond donors (Lipinski definition) is 1. The maximum absolute atomic E-state index is 5.69. The SMILES string of the molecule is C=C(/C=C\C(=C)OCCc1ccc(CC)cn1)CC(SC(=C)N)C(=C)C.CC.CC.CC. The molecule has 0 fully saturated rings. The highest BCUT2D eigenvalue weighted by atomic mass is 32.2. The molecule has 0 saturated carbocycles. The van der Waals surface area contributed by atoms with Crippen molar-refractivity contribution in [1.82, 2.24) is 4.98 Å². The fourth-order valence-electron chi connectivity index (χ4n) is 2.16. The maximum Gasteiger partial charge on any atom is 0.112 e. The zero-order valence-electron chi connectivity index (χ0n) is 22.0. The van der Waals surface area contributed by atoms with Crippen molar-refractivity contribution in [2.24, 2.45) is 5.73 Å². The topological polar surface area (TPSA) is 48.1 Å². The van der Waals surface area contributed by atoms with Crippen LogP contribution >= 0.6 is 11.8 Å². The van der Waals surface area contributed by atoms with Gasteiger partial charge in [0, 0.05) is 23.6 Å². The minimum atomic E-state index is 0.177. The predicted molar refractivity (Wildman–Crippen MR) is 149 cm³/mol. The average Bonchev–Trinajstić information content (AvgIpc) is 2.81. The molecule has 4 heteroatoms. The Kier molecular flexibility index (Phi) is 25.2. The highest BCUT2D eigenvalue weighted by molar-refractivity contribution is 8.03. The molecule has 0 aliphatic carbocycles. The number of aryl methyl sites for hydroxylation is 1. The first-order valence-corrected chi connectivity index (χ1v) is 12.6. The average molecular weight is 461 g/mol. The van der Waals surface area contributed by atoms with Crippen LogP contribution in [-0.4, -0.2) is 16.8 Å². The molecule has 1 heterocycles. The Bertz CT molecular complexity index is 675. The lowest BCUT2D eigenvalue weighted by molar-refractivity contribution is 0.229. The van der Waals surface area contributed by atoms with Gasteiger partial charge in [-0.3, -0.25) is 4.98 Å². The van der Waals surface area contributed by atoms with Gasteiger partial charge in [0.25, 0.3) is 0 Å². The van der Waals surface area contributed by atoms with E-state index in [1.165, 1.54) is 17.3 Å². The van der Waals surface area contributed by atoms with Gasteiger partial charge in [0.2, 0.25) is 0 Å². The van der Waals surface area contributed by atoms with E-state index in [0.717, 1.165) is 36.1 Å². The largest absolute Gasteiger partial charge is 0.494 e. The van der Waals surface area contributed by atoms with Gasteiger partial charge in [0.1, 0.15) is 5.76 Å². The van der Waals surface area contributed by atoms with Crippen LogP contribution < -0.4 is 5.73 Å². The van der Waals surface area contributed by atoms with E-state index in [2.05, 4.69) is 44.3 Å². The van der Waals surface area contributed by atoms with Crippen molar-refractivity contribution in [3.8, 4) is 0 Å². The third-order valence-corrected chi connectivity index (χ3v) is 4.89. The summed E-state index contributed by atoms with van der Waals surface area (Å²) in [6.07, 6.45) is 8.19. The summed E-state index contributed by atoms with van der Waals surface area (Å²) in [5, 5.41) is 0.763. The van der Waals surface area contributed by atoms with E-state index >= 15 is 0 Å². The summed E-state index contributed by atoms with van der Waals surface area (Å²) in [4.78, 5) is 4.42. The van der Waals surface area contributed by atoms with Crippen LogP contribution in [0.1, 0.15) is 73.1 Å². The normalized spacial score (nSPS) is 10.2. The zero-order valence-corrected chi connectivity index (χ0v) is 22.8. The molecule has 0 amide bonds. The summed E-state index contributed by atoms with van der Waals surface area (Å²) in [5.74, 6) is 0.610. The summed E-state index contributed by atoms with van der Waals surface area (Å²) in [6, 6.07) is 4.15. The number of nitrogens with two attached hydrogens (primary N) is 1. The molecule has 0 spiro atoms. The smallest absolute Gasteiger partial charge is 0.112 e. The van der Waals surface area contributed by atoms with Crippen LogP contribution in [-0.2, 0) is 17.6 Å². The van der Waals surface area contributed by atoms with Gasteiger partial charge in [-0.2, -0.15) is 0 Å². The van der Waals surface area contributed by atoms with Crippen molar-refractivity contribution in [3.05, 3.63) is 90.0 Å². The van der Waals surface area contributed by atoms with Crippen molar-refractivity contribution < 1.29 is 4.74 Å². The van der Waals surface area contributed by atoms with E-state index in [0.29, 0.717) is 17.4 Å². The fourth-order valence-corrected chi connectivity index (χ4v) is 3.03. The molecule has 182 valence electrons. The summed E-state index contributed by atoms with van der Waals surface area (Å²) >= 11 is 1.51. The molecule has 0 aliphatic rings. The van der Waals surface area contributed by atoms with E-state index in [1.54, 1.807) is 0 Å². The molecular weight excluding hydrogens is 412 g/mol. The molecule has 0 bridgehead atoms. The first-order valence-electron chi connectivity index (χ1n) is 11.7. The number of hydrogen-bond acceptors (Lipinski definition) is 4. The van der Waals surface area contributed by atoms with Crippen molar-refractivity contribution in [2.75, 3.05) is 6.61 Å². The Labute approximate surface area is 203 Å². The summed E-state index contributed by atoms with van der Waals surface area (Å²) in [5.41, 5.74) is 9.96. The first-order chi connectivity index (χ1) is 15.3. The van der Waals surface area contributed by atoms with Crippen molar-refractivity contribution in [1.29, 1.82) is 0 Å². The molecule has 0 aliphatic heterocycles. The van der Waals surface area contributed by atoms with Crippen LogP contribution in [0.4, 0.5) is 0 Å². The van der Waals surface area contributed by atoms with E-state index in [4.69, 9.17) is 10.5 Å². The van der Waals surface area contributed by atoms with E-state index < -0.39 is 0 Å². The second-order valence-corrected chi connectivity index (χ2v) is 7.52. The summed E-state index contributed by atoms with van der Waals surface area (Å²) < 4.78 is 5.65. The first kappa shape index (κ1) is 34.4. The number of pyridine rings is 1. The Morgan fingerprint density at radius 3 is 2.09 bits per heavy atom. The van der Waals surface area contributed by atoms with Gasteiger partial charge >= 0.3 is 0 Å². The van der Waals surface area contributed by atoms with Gasteiger partial charge in [-0.05, 0) is 37.5 Å². The van der Waals surface area contributed by atoms with Gasteiger partial charge in [-0.25, -0.2) is 0 Å². The van der Waals surface area contributed by atoms with E-state index in [1.807, 2.05) is 72.9 Å². The second-order valence-electron chi connectivity index (χ2n) is 6.19. The monoisotopic (exact) mass is 460 g/mol. The lowest BCUT2D eigenvalue weighted by atomic mass is 10.1. The van der Waals surface area contributed by atoms with Crippen LogP contribution in [0.15, 0.2) is 78.7 Å². The highest BCUT2D eigenvalue weighted by Gasteiger charge is 2.11. The number of rotatable bonds is 12. The highest BCUT2D eigenvalue weighted by Crippen LogP contribution is 2.27. The van der Waals surface area contributed by atoms with E-state index in [9.17, 15) is 0 Å². The summed E-state index contributed by atoms with van der Waals surface area (Å²) in [7, 11) is 0. The molecule has 0 aromatic carbocycles. The molecule has 1 atom stereocenters. The second kappa shape index (κ2) is 23.5. The molecule has 1 aromatic rings. The molecule has 1 rings (SSSR count). The number of thioether (sulfide) groups is 1. The van der Waals surface area contributed by atoms with Crippen LogP contribution in [0.25, 0.3) is 0 Å². The standard InChI is InChI=1S/C22H30N2OS.3C2H6/c1-7-20-10-11-21(24-15-20)12-13-25-18(5)9-8-17(4)14-22(16(2)3)26-19(6)23;3*1-2/h8-11,15,22H,2,4-7,12-14,23H2,1,3H3;3*1-2H3/b9-8-;;;. The number of allylic oxidation sites excluding steroid dienone is 3. The molecule has 1 aromatic heterocycles. The lowest BCUT2D eigenvalue weighted by Gasteiger charge is -2.16. The number of nitrogens with zero attached hydrogens (tertiary/aromatic N) is 1. The fraction of sp³-hybridized carbons (Fsp3) is 0.464. The Morgan fingerprint density at radius 1 is 1.06 bits per heavy atom. The van der Waals surface area contributed by atoms with Gasteiger partial charge < -0.3 is 10.5 Å². The number of ether oxygens (including phenoxy) is 1. The predicted octanol–water partition coefficient (Wildman–Crippen LogP) is 8.41. The Morgan fingerprint density at radius 2 is 1.66 bits per heavy atom.